The predicted molar refractivity (Wildman–Crippen MR) is 84.4 cm³/mol. The van der Waals surface area contributed by atoms with Gasteiger partial charge in [0.05, 0.1) is 20.9 Å². The fraction of sp³-hybridized carbons (Fsp3) is 0.143. The molecule has 0 aliphatic carbocycles. The lowest BCUT2D eigenvalue weighted by molar-refractivity contribution is 0.758. The Kier molecular flexibility index (Phi) is 3.31. The summed E-state index contributed by atoms with van der Waals surface area (Å²) in [5.41, 5.74) is 7.76. The summed E-state index contributed by atoms with van der Waals surface area (Å²) in [6.07, 6.45) is 0.689. The van der Waals surface area contributed by atoms with Gasteiger partial charge in [-0.3, -0.25) is 0 Å². The lowest BCUT2D eigenvalue weighted by Crippen LogP contribution is -2.12. The monoisotopic (exact) mass is 287 g/mol. The average Bonchev–Trinajstić information content (AvgIpc) is 3.03. The Morgan fingerprint density at radius 3 is 2.84 bits per heavy atom. The van der Waals surface area contributed by atoms with Crippen molar-refractivity contribution in [3.63, 3.8) is 0 Å². The predicted octanol–water partition coefficient (Wildman–Crippen LogP) is 3.44. The van der Waals surface area contributed by atoms with Gasteiger partial charge in [-0.15, -0.1) is 11.3 Å². The van der Waals surface area contributed by atoms with Gasteiger partial charge in [0.1, 0.15) is 0 Å². The number of benzene rings is 1. The zero-order valence-corrected chi connectivity index (χ0v) is 11.9. The van der Waals surface area contributed by atoms with E-state index in [1.165, 1.54) is 4.88 Å². The zero-order valence-electron chi connectivity index (χ0n) is 10.2. The second kappa shape index (κ2) is 5.11. The number of rotatable bonds is 4. The Labute approximate surface area is 120 Å². The number of para-hydroxylation sites is 2. The van der Waals surface area contributed by atoms with E-state index in [4.69, 9.17) is 22.9 Å². The number of thiocarbonyl (C=S) groups is 1. The molecule has 5 heteroatoms. The van der Waals surface area contributed by atoms with Gasteiger partial charge in [-0.25, -0.2) is 4.98 Å². The van der Waals surface area contributed by atoms with Gasteiger partial charge in [-0.2, -0.15) is 0 Å². The lowest BCUT2D eigenvalue weighted by Gasteiger charge is -2.07. The summed E-state index contributed by atoms with van der Waals surface area (Å²) in [7, 11) is 0. The van der Waals surface area contributed by atoms with E-state index >= 15 is 0 Å². The fourth-order valence-electron chi connectivity index (χ4n) is 2.12. The highest BCUT2D eigenvalue weighted by Crippen LogP contribution is 2.28. The van der Waals surface area contributed by atoms with Gasteiger partial charge in [-0.05, 0) is 23.6 Å². The van der Waals surface area contributed by atoms with E-state index in [1.807, 2.05) is 24.3 Å². The number of hydrogen-bond donors (Lipinski definition) is 1. The van der Waals surface area contributed by atoms with Crippen molar-refractivity contribution < 1.29 is 0 Å². The number of hydrogen-bond acceptors (Lipinski definition) is 3. The number of nitrogens with two attached hydrogens (primary N) is 1. The highest BCUT2D eigenvalue weighted by Gasteiger charge is 2.12. The van der Waals surface area contributed by atoms with Gasteiger partial charge in [-0.1, -0.05) is 30.4 Å². The largest absolute Gasteiger partial charge is 0.393 e. The third-order valence-corrected chi connectivity index (χ3v) is 4.05. The van der Waals surface area contributed by atoms with Crippen molar-refractivity contribution in [3.8, 4) is 10.7 Å². The average molecular weight is 287 g/mol. The third-order valence-electron chi connectivity index (χ3n) is 2.98. The summed E-state index contributed by atoms with van der Waals surface area (Å²) in [5, 5.41) is 2.06. The van der Waals surface area contributed by atoms with Crippen LogP contribution in [0.15, 0.2) is 41.8 Å². The van der Waals surface area contributed by atoms with Crippen LogP contribution < -0.4 is 5.73 Å². The highest BCUT2D eigenvalue weighted by atomic mass is 32.1. The van der Waals surface area contributed by atoms with Gasteiger partial charge >= 0.3 is 0 Å². The summed E-state index contributed by atoms with van der Waals surface area (Å²) < 4.78 is 2.19. The van der Waals surface area contributed by atoms with Crippen LogP contribution in [-0.2, 0) is 6.54 Å². The molecule has 19 heavy (non-hydrogen) atoms. The van der Waals surface area contributed by atoms with Crippen LogP contribution in [-0.4, -0.2) is 14.5 Å². The highest BCUT2D eigenvalue weighted by molar-refractivity contribution is 7.80. The first-order valence-corrected chi connectivity index (χ1v) is 7.32. The number of fused-ring (bicyclic) bond motifs is 1. The molecule has 0 atom stereocenters. The molecule has 2 aromatic heterocycles. The van der Waals surface area contributed by atoms with Crippen LogP contribution in [0, 0.1) is 0 Å². The van der Waals surface area contributed by atoms with Crippen LogP contribution in [0.25, 0.3) is 21.7 Å². The quantitative estimate of drug-likeness (QED) is 0.748. The maximum Gasteiger partial charge on any atom is 0.151 e. The molecule has 1 aromatic carbocycles. The van der Waals surface area contributed by atoms with E-state index in [-0.39, 0.29) is 0 Å². The normalized spacial score (nSPS) is 10.9. The first-order chi connectivity index (χ1) is 9.25. The molecule has 0 saturated heterocycles. The molecule has 0 amide bonds. The molecule has 3 rings (SSSR count). The van der Waals surface area contributed by atoms with Crippen molar-refractivity contribution >= 4 is 39.6 Å². The van der Waals surface area contributed by atoms with Crippen LogP contribution in [0.3, 0.4) is 0 Å². The molecule has 0 unspecified atom stereocenters. The Morgan fingerprint density at radius 2 is 2.11 bits per heavy atom. The third kappa shape index (κ3) is 2.39. The van der Waals surface area contributed by atoms with Crippen molar-refractivity contribution in [2.24, 2.45) is 5.73 Å². The second-order valence-corrected chi connectivity index (χ2v) is 5.74. The summed E-state index contributed by atoms with van der Waals surface area (Å²) in [6.45, 7) is 0.767. The zero-order chi connectivity index (χ0) is 13.2. The van der Waals surface area contributed by atoms with Crippen molar-refractivity contribution in [1.82, 2.24) is 9.55 Å². The second-order valence-electron chi connectivity index (χ2n) is 4.27. The SMILES string of the molecule is NC(=S)CCn1c(-c2cccs2)nc2ccccc21. The first-order valence-electron chi connectivity index (χ1n) is 6.03. The smallest absolute Gasteiger partial charge is 0.151 e. The van der Waals surface area contributed by atoms with E-state index in [0.29, 0.717) is 11.4 Å². The lowest BCUT2D eigenvalue weighted by atomic mass is 10.3. The molecule has 0 fully saturated rings. The van der Waals surface area contributed by atoms with Crippen LogP contribution in [0.2, 0.25) is 0 Å². The van der Waals surface area contributed by atoms with Crippen LogP contribution >= 0.6 is 23.6 Å². The number of nitrogens with zero attached hydrogens (tertiary/aromatic N) is 2. The van der Waals surface area contributed by atoms with E-state index < -0.39 is 0 Å². The molecule has 0 bridgehead atoms. The first kappa shape index (κ1) is 12.3. The maximum absolute atomic E-state index is 5.62. The fourth-order valence-corrected chi connectivity index (χ4v) is 2.93. The van der Waals surface area contributed by atoms with Crippen molar-refractivity contribution in [1.29, 1.82) is 0 Å². The number of imidazole rings is 1. The minimum absolute atomic E-state index is 0.537. The molecule has 0 radical (unpaired) electrons. The number of thiophene rings is 1. The summed E-state index contributed by atoms with van der Waals surface area (Å²) in [6, 6.07) is 12.3. The Morgan fingerprint density at radius 1 is 1.26 bits per heavy atom. The molecule has 0 aliphatic heterocycles. The number of aromatic nitrogens is 2. The summed E-state index contributed by atoms with van der Waals surface area (Å²) in [4.78, 5) is 6.43. The van der Waals surface area contributed by atoms with E-state index in [2.05, 4.69) is 22.1 Å². The molecule has 2 N–H and O–H groups in total. The maximum atomic E-state index is 5.62. The van der Waals surface area contributed by atoms with E-state index in [9.17, 15) is 0 Å². The molecule has 0 aliphatic rings. The van der Waals surface area contributed by atoms with Gasteiger partial charge in [0.2, 0.25) is 0 Å². The molecule has 0 saturated carbocycles. The molecule has 96 valence electrons. The molecule has 3 nitrogen and oxygen atoms in total. The minimum atomic E-state index is 0.537. The minimum Gasteiger partial charge on any atom is -0.393 e. The van der Waals surface area contributed by atoms with Gasteiger partial charge in [0, 0.05) is 13.0 Å². The van der Waals surface area contributed by atoms with Crippen molar-refractivity contribution in [3.05, 3.63) is 41.8 Å². The van der Waals surface area contributed by atoms with Gasteiger partial charge in [0.25, 0.3) is 0 Å². The molecule has 2 heterocycles. The van der Waals surface area contributed by atoms with Crippen LogP contribution in [0.5, 0.6) is 0 Å². The van der Waals surface area contributed by atoms with E-state index in [1.54, 1.807) is 11.3 Å². The van der Waals surface area contributed by atoms with Crippen molar-refractivity contribution in [2.75, 3.05) is 0 Å². The standard InChI is InChI=1S/C14H13N3S2/c15-13(18)7-8-17-11-5-2-1-4-10(11)16-14(17)12-6-3-9-19-12/h1-6,9H,7-8H2,(H2,15,18). The molecular weight excluding hydrogens is 274 g/mol. The van der Waals surface area contributed by atoms with Crippen LogP contribution in [0.1, 0.15) is 6.42 Å². The number of aryl methyl sites for hydroxylation is 1. The Bertz CT molecular complexity index is 713. The van der Waals surface area contributed by atoms with Crippen molar-refractivity contribution in [2.45, 2.75) is 13.0 Å². The van der Waals surface area contributed by atoms with Crippen LogP contribution in [0.4, 0.5) is 0 Å². The van der Waals surface area contributed by atoms with Gasteiger partial charge < -0.3 is 10.3 Å². The topological polar surface area (TPSA) is 43.8 Å². The Balaban J connectivity index is 2.14. The molecular formula is C14H13N3S2. The summed E-state index contributed by atoms with van der Waals surface area (Å²) in [5.74, 6) is 0.993. The Hall–Kier alpha value is -1.72. The molecule has 3 aromatic rings. The van der Waals surface area contributed by atoms with E-state index in [0.717, 1.165) is 23.4 Å². The molecule has 0 spiro atoms. The van der Waals surface area contributed by atoms with Gasteiger partial charge in [0.15, 0.2) is 5.82 Å². The summed E-state index contributed by atoms with van der Waals surface area (Å²) >= 11 is 6.67.